The van der Waals surface area contributed by atoms with Crippen molar-refractivity contribution in [3.8, 4) is 17.2 Å². The molecule has 0 saturated heterocycles. The predicted molar refractivity (Wildman–Crippen MR) is 135 cm³/mol. The van der Waals surface area contributed by atoms with Crippen molar-refractivity contribution < 1.29 is 19.0 Å². The lowest BCUT2D eigenvalue weighted by Gasteiger charge is -2.20. The fraction of sp³-hybridized carbons (Fsp3) is 0.214. The van der Waals surface area contributed by atoms with Crippen molar-refractivity contribution in [1.82, 2.24) is 0 Å². The maximum absolute atomic E-state index is 13.6. The standard InChI is InChI=1S/C28H28N2O4/c1-5-33-25-16-11-20(18-26(25)34-6-2)17-24-28(31)30(21-12-14-22(32-4)15-13-21)27(29-24)23-10-8-7-9-19(23)3/h7-18H,5-6H2,1-4H3. The van der Waals surface area contributed by atoms with Crippen molar-refractivity contribution in [2.45, 2.75) is 20.8 Å². The van der Waals surface area contributed by atoms with E-state index in [0.717, 1.165) is 28.1 Å². The largest absolute Gasteiger partial charge is 0.497 e. The molecule has 0 N–H and O–H groups in total. The molecule has 0 saturated carbocycles. The molecule has 0 atom stereocenters. The van der Waals surface area contributed by atoms with Gasteiger partial charge in [0.25, 0.3) is 5.91 Å². The predicted octanol–water partition coefficient (Wildman–Crippen LogP) is 5.64. The van der Waals surface area contributed by atoms with Crippen LogP contribution in [0.15, 0.2) is 77.4 Å². The van der Waals surface area contributed by atoms with Crippen LogP contribution in [0.2, 0.25) is 0 Å². The minimum Gasteiger partial charge on any atom is -0.497 e. The van der Waals surface area contributed by atoms with Crippen LogP contribution in [0.1, 0.15) is 30.5 Å². The first kappa shape index (κ1) is 23.1. The van der Waals surface area contributed by atoms with Gasteiger partial charge in [0.05, 0.1) is 26.0 Å². The van der Waals surface area contributed by atoms with Crippen LogP contribution in [0.5, 0.6) is 17.2 Å². The van der Waals surface area contributed by atoms with E-state index in [1.807, 2.05) is 87.5 Å². The molecule has 1 amide bonds. The molecule has 3 aromatic carbocycles. The van der Waals surface area contributed by atoms with E-state index >= 15 is 0 Å². The second-order valence-electron chi connectivity index (χ2n) is 7.69. The molecule has 0 radical (unpaired) electrons. The van der Waals surface area contributed by atoms with Gasteiger partial charge in [-0.25, -0.2) is 4.99 Å². The molecule has 3 aromatic rings. The highest BCUT2D eigenvalue weighted by Gasteiger charge is 2.33. The SMILES string of the molecule is CCOc1ccc(C=C2N=C(c3ccccc3C)N(c3ccc(OC)cc3)C2=O)cc1OCC. The zero-order valence-corrected chi connectivity index (χ0v) is 19.9. The summed E-state index contributed by atoms with van der Waals surface area (Å²) >= 11 is 0. The number of aryl methyl sites for hydroxylation is 1. The third-order valence-corrected chi connectivity index (χ3v) is 5.45. The highest BCUT2D eigenvalue weighted by molar-refractivity contribution is 6.33. The number of nitrogens with zero attached hydrogens (tertiary/aromatic N) is 2. The molecular weight excluding hydrogens is 428 g/mol. The van der Waals surface area contributed by atoms with E-state index in [0.29, 0.717) is 36.2 Å². The summed E-state index contributed by atoms with van der Waals surface area (Å²) in [4.78, 5) is 20.0. The average molecular weight is 457 g/mol. The summed E-state index contributed by atoms with van der Waals surface area (Å²) in [7, 11) is 1.62. The van der Waals surface area contributed by atoms with Crippen LogP contribution >= 0.6 is 0 Å². The number of carbonyl (C=O) groups is 1. The number of amides is 1. The van der Waals surface area contributed by atoms with Gasteiger partial charge in [-0.1, -0.05) is 30.3 Å². The summed E-state index contributed by atoms with van der Waals surface area (Å²) in [6.45, 7) is 6.92. The molecule has 174 valence electrons. The first-order valence-corrected chi connectivity index (χ1v) is 11.3. The quantitative estimate of drug-likeness (QED) is 0.412. The molecule has 0 unspecified atom stereocenters. The van der Waals surface area contributed by atoms with Gasteiger partial charge in [0, 0.05) is 5.56 Å². The van der Waals surface area contributed by atoms with Gasteiger partial charge in [0.1, 0.15) is 17.3 Å². The number of hydrogen-bond acceptors (Lipinski definition) is 5. The summed E-state index contributed by atoms with van der Waals surface area (Å²) < 4.78 is 16.7. The Morgan fingerprint density at radius 2 is 1.62 bits per heavy atom. The second-order valence-corrected chi connectivity index (χ2v) is 7.69. The van der Waals surface area contributed by atoms with Gasteiger partial charge in [0.2, 0.25) is 0 Å². The third kappa shape index (κ3) is 4.66. The molecule has 1 heterocycles. The molecule has 0 aromatic heterocycles. The van der Waals surface area contributed by atoms with Crippen molar-refractivity contribution in [2.24, 2.45) is 4.99 Å². The van der Waals surface area contributed by atoms with E-state index in [4.69, 9.17) is 19.2 Å². The lowest BCUT2D eigenvalue weighted by atomic mass is 10.1. The molecule has 0 aliphatic carbocycles. The Morgan fingerprint density at radius 3 is 2.29 bits per heavy atom. The van der Waals surface area contributed by atoms with E-state index in [2.05, 4.69) is 0 Å². The monoisotopic (exact) mass is 456 g/mol. The first-order chi connectivity index (χ1) is 16.5. The zero-order valence-electron chi connectivity index (χ0n) is 19.9. The maximum atomic E-state index is 13.6. The van der Waals surface area contributed by atoms with Crippen molar-refractivity contribution in [3.05, 3.63) is 89.1 Å². The van der Waals surface area contributed by atoms with Gasteiger partial charge < -0.3 is 14.2 Å². The number of anilines is 1. The summed E-state index contributed by atoms with van der Waals surface area (Å²) in [5.41, 5.74) is 3.81. The normalized spacial score (nSPS) is 14.4. The van der Waals surface area contributed by atoms with Gasteiger partial charge in [-0.3, -0.25) is 9.69 Å². The number of aliphatic imine (C=N–C) groups is 1. The number of amidine groups is 1. The molecule has 34 heavy (non-hydrogen) atoms. The van der Waals surface area contributed by atoms with Crippen LogP contribution in [0.25, 0.3) is 6.08 Å². The van der Waals surface area contributed by atoms with E-state index in [9.17, 15) is 4.79 Å². The van der Waals surface area contributed by atoms with E-state index in [1.165, 1.54) is 0 Å². The van der Waals surface area contributed by atoms with Crippen LogP contribution in [0.4, 0.5) is 5.69 Å². The van der Waals surface area contributed by atoms with Gasteiger partial charge in [-0.2, -0.15) is 0 Å². The fourth-order valence-corrected chi connectivity index (χ4v) is 3.81. The molecule has 6 nitrogen and oxygen atoms in total. The molecule has 0 spiro atoms. The lowest BCUT2D eigenvalue weighted by molar-refractivity contribution is -0.113. The Kier molecular flexibility index (Phi) is 6.97. The molecule has 1 aliphatic heterocycles. The van der Waals surface area contributed by atoms with Crippen molar-refractivity contribution in [2.75, 3.05) is 25.2 Å². The Labute approximate surface area is 200 Å². The van der Waals surface area contributed by atoms with E-state index in [1.54, 1.807) is 18.1 Å². The average Bonchev–Trinajstić information content (AvgIpc) is 3.17. The number of carbonyl (C=O) groups excluding carboxylic acids is 1. The minimum absolute atomic E-state index is 0.199. The number of benzene rings is 3. The van der Waals surface area contributed by atoms with E-state index in [-0.39, 0.29) is 5.91 Å². The van der Waals surface area contributed by atoms with Crippen molar-refractivity contribution in [3.63, 3.8) is 0 Å². The van der Waals surface area contributed by atoms with E-state index < -0.39 is 0 Å². The summed E-state index contributed by atoms with van der Waals surface area (Å²) in [5, 5.41) is 0. The lowest BCUT2D eigenvalue weighted by Crippen LogP contribution is -2.33. The van der Waals surface area contributed by atoms with Crippen LogP contribution in [0.3, 0.4) is 0 Å². The highest BCUT2D eigenvalue weighted by Crippen LogP contribution is 2.32. The van der Waals surface area contributed by atoms with Gasteiger partial charge in [0.15, 0.2) is 11.5 Å². The number of hydrogen-bond donors (Lipinski definition) is 0. The van der Waals surface area contributed by atoms with Crippen LogP contribution < -0.4 is 19.1 Å². The Bertz CT molecular complexity index is 1250. The summed E-state index contributed by atoms with van der Waals surface area (Å²) in [6.07, 6.45) is 1.78. The fourth-order valence-electron chi connectivity index (χ4n) is 3.81. The molecular formula is C28H28N2O4. The van der Waals surface area contributed by atoms with Gasteiger partial charge in [-0.15, -0.1) is 0 Å². The number of rotatable bonds is 8. The molecule has 1 aliphatic rings. The van der Waals surface area contributed by atoms with Gasteiger partial charge >= 0.3 is 0 Å². The first-order valence-electron chi connectivity index (χ1n) is 11.3. The van der Waals surface area contributed by atoms with Crippen LogP contribution in [-0.2, 0) is 4.79 Å². The highest BCUT2D eigenvalue weighted by atomic mass is 16.5. The zero-order chi connectivity index (χ0) is 24.1. The summed E-state index contributed by atoms with van der Waals surface area (Å²) in [5.74, 6) is 2.43. The maximum Gasteiger partial charge on any atom is 0.282 e. The van der Waals surface area contributed by atoms with Crippen molar-refractivity contribution in [1.29, 1.82) is 0 Å². The topological polar surface area (TPSA) is 60.4 Å². The van der Waals surface area contributed by atoms with Crippen LogP contribution in [0, 0.1) is 6.92 Å². The second kappa shape index (κ2) is 10.3. The summed E-state index contributed by atoms with van der Waals surface area (Å²) in [6, 6.07) is 20.9. The molecule has 6 heteroatoms. The number of ether oxygens (including phenoxy) is 3. The molecule has 0 bridgehead atoms. The van der Waals surface area contributed by atoms with Crippen molar-refractivity contribution >= 4 is 23.5 Å². The minimum atomic E-state index is -0.199. The Hall–Kier alpha value is -4.06. The number of methoxy groups -OCH3 is 1. The van der Waals surface area contributed by atoms with Crippen LogP contribution in [-0.4, -0.2) is 32.1 Å². The molecule has 4 rings (SSSR count). The smallest absolute Gasteiger partial charge is 0.282 e. The molecule has 0 fully saturated rings. The van der Waals surface area contributed by atoms with Gasteiger partial charge in [-0.05, 0) is 74.4 Å². The Morgan fingerprint density at radius 1 is 0.912 bits per heavy atom. The third-order valence-electron chi connectivity index (χ3n) is 5.45. The Balaban J connectivity index is 1.79.